The maximum Gasteiger partial charge on any atom is 0.123 e. The van der Waals surface area contributed by atoms with Gasteiger partial charge in [-0.3, -0.25) is 0 Å². The number of nitrogens with zero attached hydrogens (tertiary/aromatic N) is 1. The van der Waals surface area contributed by atoms with E-state index in [1.54, 1.807) is 0 Å². The van der Waals surface area contributed by atoms with Crippen LogP contribution in [0.5, 0.6) is 5.75 Å². The number of nitrogens with one attached hydrogen (secondary N) is 1. The van der Waals surface area contributed by atoms with Crippen LogP contribution in [0, 0.1) is 0 Å². The number of likely N-dealkylation sites (N-methyl/N-ethyl adjacent to an activating group) is 1. The van der Waals surface area contributed by atoms with Crippen molar-refractivity contribution in [2.75, 3.05) is 26.7 Å². The Morgan fingerprint density at radius 2 is 2.35 bits per heavy atom. The predicted octanol–water partition coefficient (Wildman–Crippen LogP) is 1.42. The Labute approximate surface area is 103 Å². The van der Waals surface area contributed by atoms with Crippen molar-refractivity contribution >= 4 is 0 Å². The molecule has 1 saturated heterocycles. The maximum absolute atomic E-state index is 6.17. The highest BCUT2D eigenvalue weighted by Crippen LogP contribution is 2.27. The number of likely N-dealkylation sites (tertiary alicyclic amines) is 1. The Hall–Kier alpha value is -1.06. The van der Waals surface area contributed by atoms with Gasteiger partial charge in [0.1, 0.15) is 11.9 Å². The fourth-order valence-corrected chi connectivity index (χ4v) is 2.78. The fourth-order valence-electron chi connectivity index (χ4n) is 2.78. The van der Waals surface area contributed by atoms with E-state index in [4.69, 9.17) is 4.74 Å². The van der Waals surface area contributed by atoms with Crippen molar-refractivity contribution in [3.63, 3.8) is 0 Å². The van der Waals surface area contributed by atoms with Crippen LogP contribution in [0.3, 0.4) is 0 Å². The normalized spacial score (nSPS) is 24.6. The minimum atomic E-state index is 0.376. The van der Waals surface area contributed by atoms with Crippen molar-refractivity contribution in [1.82, 2.24) is 10.2 Å². The van der Waals surface area contributed by atoms with Gasteiger partial charge in [-0.15, -0.1) is 0 Å². The molecule has 0 amide bonds. The van der Waals surface area contributed by atoms with Crippen molar-refractivity contribution in [1.29, 1.82) is 0 Å². The molecule has 0 spiro atoms. The molecule has 2 heterocycles. The van der Waals surface area contributed by atoms with Crippen LogP contribution in [-0.4, -0.2) is 37.7 Å². The summed E-state index contributed by atoms with van der Waals surface area (Å²) in [7, 11) is 2.16. The first-order valence-electron chi connectivity index (χ1n) is 6.49. The molecule has 0 saturated carbocycles. The van der Waals surface area contributed by atoms with E-state index in [2.05, 4.69) is 35.5 Å². The second-order valence-corrected chi connectivity index (χ2v) is 5.11. The van der Waals surface area contributed by atoms with Gasteiger partial charge in [0, 0.05) is 19.6 Å². The smallest absolute Gasteiger partial charge is 0.123 e. The van der Waals surface area contributed by atoms with Gasteiger partial charge in [-0.2, -0.15) is 0 Å². The van der Waals surface area contributed by atoms with Crippen molar-refractivity contribution in [2.24, 2.45) is 0 Å². The van der Waals surface area contributed by atoms with Crippen LogP contribution in [-0.2, 0) is 13.0 Å². The summed E-state index contributed by atoms with van der Waals surface area (Å²) in [5.74, 6) is 1.12. The molecule has 0 aliphatic carbocycles. The van der Waals surface area contributed by atoms with Gasteiger partial charge >= 0.3 is 0 Å². The topological polar surface area (TPSA) is 24.5 Å². The molecular formula is C14H20N2O. The van der Waals surface area contributed by atoms with Gasteiger partial charge in [-0.1, -0.05) is 12.1 Å². The van der Waals surface area contributed by atoms with Crippen LogP contribution in [0.4, 0.5) is 0 Å². The number of benzene rings is 1. The maximum atomic E-state index is 6.17. The van der Waals surface area contributed by atoms with E-state index in [1.807, 2.05) is 0 Å². The largest absolute Gasteiger partial charge is 0.489 e. The summed E-state index contributed by atoms with van der Waals surface area (Å²) in [5, 5.41) is 3.41. The molecular weight excluding hydrogens is 212 g/mol. The van der Waals surface area contributed by atoms with Crippen LogP contribution in [0.15, 0.2) is 18.2 Å². The molecule has 2 aliphatic heterocycles. The van der Waals surface area contributed by atoms with Gasteiger partial charge in [0.2, 0.25) is 0 Å². The lowest BCUT2D eigenvalue weighted by Crippen LogP contribution is -2.26. The summed E-state index contributed by atoms with van der Waals surface area (Å²) in [5.41, 5.74) is 2.82. The number of rotatable bonds is 2. The summed E-state index contributed by atoms with van der Waals surface area (Å²) < 4.78 is 6.17. The first kappa shape index (κ1) is 11.1. The fraction of sp³-hybridized carbons (Fsp3) is 0.571. The van der Waals surface area contributed by atoms with Crippen LogP contribution in [0.2, 0.25) is 0 Å². The van der Waals surface area contributed by atoms with Gasteiger partial charge in [0.15, 0.2) is 0 Å². The molecule has 0 radical (unpaired) electrons. The Kier molecular flexibility index (Phi) is 3.04. The van der Waals surface area contributed by atoms with E-state index < -0.39 is 0 Å². The third-order valence-electron chi connectivity index (χ3n) is 3.74. The Bertz CT molecular complexity index is 405. The van der Waals surface area contributed by atoms with E-state index in [9.17, 15) is 0 Å². The van der Waals surface area contributed by atoms with E-state index >= 15 is 0 Å². The monoisotopic (exact) mass is 232 g/mol. The number of fused-ring (bicyclic) bond motifs is 1. The Morgan fingerprint density at radius 1 is 1.41 bits per heavy atom. The molecule has 92 valence electrons. The van der Waals surface area contributed by atoms with E-state index in [0.717, 1.165) is 44.8 Å². The van der Waals surface area contributed by atoms with Gasteiger partial charge in [-0.25, -0.2) is 0 Å². The zero-order valence-corrected chi connectivity index (χ0v) is 10.4. The van der Waals surface area contributed by atoms with E-state index in [-0.39, 0.29) is 0 Å². The lowest BCUT2D eigenvalue weighted by molar-refractivity contribution is 0.205. The van der Waals surface area contributed by atoms with Crippen LogP contribution in [0.25, 0.3) is 0 Å². The van der Waals surface area contributed by atoms with Crippen LogP contribution < -0.4 is 10.1 Å². The Balaban J connectivity index is 1.78. The van der Waals surface area contributed by atoms with Gasteiger partial charge in [0.05, 0.1) is 0 Å². The van der Waals surface area contributed by atoms with E-state index in [0.29, 0.717) is 6.10 Å². The zero-order valence-electron chi connectivity index (χ0n) is 10.4. The molecule has 17 heavy (non-hydrogen) atoms. The summed E-state index contributed by atoms with van der Waals surface area (Å²) in [6.07, 6.45) is 2.62. The first-order chi connectivity index (χ1) is 8.33. The molecule has 1 N–H and O–H groups in total. The van der Waals surface area contributed by atoms with E-state index in [1.165, 1.54) is 11.1 Å². The van der Waals surface area contributed by atoms with Gasteiger partial charge < -0.3 is 15.0 Å². The van der Waals surface area contributed by atoms with Crippen LogP contribution in [0.1, 0.15) is 17.5 Å². The third-order valence-corrected chi connectivity index (χ3v) is 3.74. The number of hydrogen-bond donors (Lipinski definition) is 1. The molecule has 3 rings (SSSR count). The summed E-state index contributed by atoms with van der Waals surface area (Å²) >= 11 is 0. The molecule has 3 nitrogen and oxygen atoms in total. The molecule has 3 heteroatoms. The molecule has 2 aliphatic rings. The Morgan fingerprint density at radius 3 is 3.18 bits per heavy atom. The molecule has 0 unspecified atom stereocenters. The summed E-state index contributed by atoms with van der Waals surface area (Å²) in [6, 6.07) is 6.44. The van der Waals surface area contributed by atoms with Gasteiger partial charge in [-0.05, 0) is 43.6 Å². The minimum Gasteiger partial charge on any atom is -0.489 e. The average molecular weight is 232 g/mol. The summed E-state index contributed by atoms with van der Waals surface area (Å²) in [4.78, 5) is 2.33. The first-order valence-corrected chi connectivity index (χ1v) is 6.49. The van der Waals surface area contributed by atoms with Crippen molar-refractivity contribution < 1.29 is 4.74 Å². The van der Waals surface area contributed by atoms with Crippen molar-refractivity contribution in [3.05, 3.63) is 29.3 Å². The highest BCUT2D eigenvalue weighted by Gasteiger charge is 2.22. The highest BCUT2D eigenvalue weighted by atomic mass is 16.5. The molecule has 0 aromatic heterocycles. The predicted molar refractivity (Wildman–Crippen MR) is 68.4 cm³/mol. The third kappa shape index (κ3) is 2.31. The molecule has 0 bridgehead atoms. The quantitative estimate of drug-likeness (QED) is 0.834. The molecule has 1 aromatic carbocycles. The SMILES string of the molecule is CN1CC[C@@H](Oc2cccc3c2CCNC3)C1. The lowest BCUT2D eigenvalue weighted by Gasteiger charge is -2.22. The number of ether oxygens (including phenoxy) is 1. The van der Waals surface area contributed by atoms with Crippen molar-refractivity contribution in [3.8, 4) is 5.75 Å². The van der Waals surface area contributed by atoms with Crippen molar-refractivity contribution in [2.45, 2.75) is 25.5 Å². The number of hydrogen-bond acceptors (Lipinski definition) is 3. The van der Waals surface area contributed by atoms with Gasteiger partial charge in [0.25, 0.3) is 0 Å². The summed E-state index contributed by atoms with van der Waals surface area (Å²) in [6.45, 7) is 4.26. The lowest BCUT2D eigenvalue weighted by atomic mass is 10.00. The molecule has 1 fully saturated rings. The average Bonchev–Trinajstić information content (AvgIpc) is 2.75. The highest BCUT2D eigenvalue weighted by molar-refractivity contribution is 5.41. The molecule has 1 atom stereocenters. The second kappa shape index (κ2) is 4.67. The van der Waals surface area contributed by atoms with Crippen LogP contribution >= 0.6 is 0 Å². The zero-order chi connectivity index (χ0) is 11.7. The minimum absolute atomic E-state index is 0.376. The second-order valence-electron chi connectivity index (χ2n) is 5.11. The standard InChI is InChI=1S/C14H20N2O/c1-16-8-6-12(10-16)17-14-4-2-3-11-9-15-7-5-13(11)14/h2-4,12,15H,5-10H2,1H3/t12-/m1/s1. The molecule has 1 aromatic rings.